The Balaban J connectivity index is 2.12. The van der Waals surface area contributed by atoms with E-state index in [-0.39, 0.29) is 5.78 Å². The molecule has 4 nitrogen and oxygen atoms in total. The van der Waals surface area contributed by atoms with Gasteiger partial charge in [0.2, 0.25) is 0 Å². The van der Waals surface area contributed by atoms with Crippen LogP contribution in [0.4, 0.5) is 0 Å². The highest BCUT2D eigenvalue weighted by Gasteiger charge is 2.11. The number of hydrogen-bond acceptors (Lipinski definition) is 4. The fourth-order valence-corrected chi connectivity index (χ4v) is 2.16. The van der Waals surface area contributed by atoms with Crippen molar-refractivity contribution < 1.29 is 19.0 Å². The lowest BCUT2D eigenvalue weighted by molar-refractivity contribution is 0.104. The van der Waals surface area contributed by atoms with Crippen LogP contribution in [0.1, 0.15) is 29.3 Å². The maximum absolute atomic E-state index is 12.4. The quantitative estimate of drug-likeness (QED) is 0.533. The third kappa shape index (κ3) is 4.62. The first kappa shape index (κ1) is 17.6. The lowest BCUT2D eigenvalue weighted by Gasteiger charge is -2.08. The second-order valence-electron chi connectivity index (χ2n) is 5.18. The number of ether oxygens (including phenoxy) is 3. The third-order valence-corrected chi connectivity index (χ3v) is 3.45. The highest BCUT2D eigenvalue weighted by Crippen LogP contribution is 2.25. The van der Waals surface area contributed by atoms with Gasteiger partial charge in [-0.2, -0.15) is 0 Å². The molecule has 0 bridgehead atoms. The summed E-state index contributed by atoms with van der Waals surface area (Å²) in [5, 5.41) is 0. The average Bonchev–Trinajstić information content (AvgIpc) is 2.64. The van der Waals surface area contributed by atoms with Gasteiger partial charge in [-0.3, -0.25) is 4.79 Å². The second kappa shape index (κ2) is 8.77. The van der Waals surface area contributed by atoms with Crippen LogP contribution < -0.4 is 14.2 Å². The summed E-state index contributed by atoms with van der Waals surface area (Å²) in [6, 6.07) is 12.8. The van der Waals surface area contributed by atoms with Crippen molar-refractivity contribution in [3.05, 3.63) is 59.7 Å². The highest BCUT2D eigenvalue weighted by molar-refractivity contribution is 6.08. The molecule has 0 aliphatic rings. The van der Waals surface area contributed by atoms with E-state index in [1.807, 2.05) is 24.3 Å². The van der Waals surface area contributed by atoms with Gasteiger partial charge in [-0.25, -0.2) is 0 Å². The molecule has 0 fully saturated rings. The fourth-order valence-electron chi connectivity index (χ4n) is 2.16. The summed E-state index contributed by atoms with van der Waals surface area (Å²) in [6.45, 7) is 2.76. The van der Waals surface area contributed by atoms with Crippen molar-refractivity contribution in [2.24, 2.45) is 0 Å². The minimum absolute atomic E-state index is 0.142. The Labute approximate surface area is 142 Å². The van der Waals surface area contributed by atoms with Gasteiger partial charge in [-0.15, -0.1) is 0 Å². The summed E-state index contributed by atoms with van der Waals surface area (Å²) in [6.07, 6.45) is 4.27. The van der Waals surface area contributed by atoms with E-state index in [1.54, 1.807) is 31.4 Å². The van der Waals surface area contributed by atoms with Crippen LogP contribution in [0.2, 0.25) is 0 Å². The predicted molar refractivity (Wildman–Crippen MR) is 95.1 cm³/mol. The first-order chi connectivity index (χ1) is 11.7. The van der Waals surface area contributed by atoms with Crippen molar-refractivity contribution in [1.82, 2.24) is 0 Å². The monoisotopic (exact) mass is 326 g/mol. The number of methoxy groups -OCH3 is 2. The molecular formula is C20H22O4. The van der Waals surface area contributed by atoms with E-state index in [4.69, 9.17) is 14.2 Å². The summed E-state index contributed by atoms with van der Waals surface area (Å²) in [5.41, 5.74) is 1.39. The lowest BCUT2D eigenvalue weighted by atomic mass is 10.1. The number of carbonyl (C=O) groups excluding carboxylic acids is 1. The first-order valence-corrected chi connectivity index (χ1v) is 7.85. The van der Waals surface area contributed by atoms with Gasteiger partial charge in [0.25, 0.3) is 0 Å². The molecule has 126 valence electrons. The number of ketones is 1. The van der Waals surface area contributed by atoms with Crippen LogP contribution in [-0.2, 0) is 0 Å². The van der Waals surface area contributed by atoms with Crippen LogP contribution in [0.25, 0.3) is 6.08 Å². The van der Waals surface area contributed by atoms with Crippen LogP contribution in [0, 0.1) is 0 Å². The van der Waals surface area contributed by atoms with Crippen molar-refractivity contribution >= 4 is 11.9 Å². The molecule has 0 saturated carbocycles. The second-order valence-corrected chi connectivity index (χ2v) is 5.18. The summed E-state index contributed by atoms with van der Waals surface area (Å²) in [7, 11) is 3.10. The lowest BCUT2D eigenvalue weighted by Crippen LogP contribution is -1.99. The van der Waals surface area contributed by atoms with E-state index < -0.39 is 0 Å². The van der Waals surface area contributed by atoms with Crippen molar-refractivity contribution in [1.29, 1.82) is 0 Å². The first-order valence-electron chi connectivity index (χ1n) is 7.85. The Kier molecular flexibility index (Phi) is 6.43. The van der Waals surface area contributed by atoms with Gasteiger partial charge in [0.1, 0.15) is 17.2 Å². The molecule has 4 heteroatoms. The molecule has 0 unspecified atom stereocenters. The van der Waals surface area contributed by atoms with Gasteiger partial charge in [-0.1, -0.05) is 25.1 Å². The molecule has 0 aliphatic heterocycles. The highest BCUT2D eigenvalue weighted by atomic mass is 16.5. The van der Waals surface area contributed by atoms with Gasteiger partial charge in [0, 0.05) is 0 Å². The standard InChI is InChI=1S/C20H22O4/c1-4-13-24-16-8-5-15(6-9-16)7-11-19(21)18-14-17(22-2)10-12-20(18)23-3/h5-12,14H,4,13H2,1-3H3/b11-7+. The fraction of sp³-hybridized carbons (Fsp3) is 0.250. The number of carbonyl (C=O) groups is 1. The Morgan fingerprint density at radius 3 is 2.33 bits per heavy atom. The SMILES string of the molecule is CCCOc1ccc(/C=C/C(=O)c2cc(OC)ccc2OC)cc1. The topological polar surface area (TPSA) is 44.8 Å². The molecular weight excluding hydrogens is 304 g/mol. The van der Waals surface area contributed by atoms with E-state index in [9.17, 15) is 4.79 Å². The number of benzene rings is 2. The maximum Gasteiger partial charge on any atom is 0.189 e. The smallest absolute Gasteiger partial charge is 0.189 e. The molecule has 0 spiro atoms. The Bertz CT molecular complexity index is 702. The zero-order valence-electron chi connectivity index (χ0n) is 14.2. The summed E-state index contributed by atoms with van der Waals surface area (Å²) < 4.78 is 16.0. The number of rotatable bonds is 8. The molecule has 0 N–H and O–H groups in total. The number of allylic oxidation sites excluding steroid dienone is 1. The summed E-state index contributed by atoms with van der Waals surface area (Å²) in [5.74, 6) is 1.82. The molecule has 0 aliphatic carbocycles. The van der Waals surface area contributed by atoms with Gasteiger partial charge in [-0.05, 0) is 48.4 Å². The molecule has 0 aromatic heterocycles. The molecule has 0 heterocycles. The van der Waals surface area contributed by atoms with Crippen molar-refractivity contribution in [3.8, 4) is 17.2 Å². The average molecular weight is 326 g/mol. The Hall–Kier alpha value is -2.75. The molecule has 2 aromatic carbocycles. The summed E-state index contributed by atoms with van der Waals surface area (Å²) in [4.78, 5) is 12.4. The molecule has 2 aromatic rings. The minimum atomic E-state index is -0.142. The molecule has 0 amide bonds. The maximum atomic E-state index is 12.4. The largest absolute Gasteiger partial charge is 0.497 e. The summed E-state index contributed by atoms with van der Waals surface area (Å²) >= 11 is 0. The normalized spacial score (nSPS) is 10.6. The Morgan fingerprint density at radius 1 is 1.00 bits per heavy atom. The van der Waals surface area contributed by atoms with Crippen molar-refractivity contribution in [2.75, 3.05) is 20.8 Å². The van der Waals surface area contributed by atoms with Gasteiger partial charge >= 0.3 is 0 Å². The molecule has 0 saturated heterocycles. The zero-order valence-corrected chi connectivity index (χ0v) is 14.2. The molecule has 2 rings (SSSR count). The van der Waals surface area contributed by atoms with E-state index >= 15 is 0 Å². The number of hydrogen-bond donors (Lipinski definition) is 0. The van der Waals surface area contributed by atoms with Crippen LogP contribution in [0.5, 0.6) is 17.2 Å². The van der Waals surface area contributed by atoms with Crippen LogP contribution in [0.3, 0.4) is 0 Å². The minimum Gasteiger partial charge on any atom is -0.497 e. The molecule has 24 heavy (non-hydrogen) atoms. The van der Waals surface area contributed by atoms with E-state index in [0.717, 1.165) is 17.7 Å². The Morgan fingerprint density at radius 2 is 1.71 bits per heavy atom. The van der Waals surface area contributed by atoms with Crippen LogP contribution >= 0.6 is 0 Å². The molecule has 0 radical (unpaired) electrons. The van der Waals surface area contributed by atoms with Gasteiger partial charge < -0.3 is 14.2 Å². The zero-order chi connectivity index (χ0) is 17.4. The van der Waals surface area contributed by atoms with Crippen LogP contribution in [-0.4, -0.2) is 26.6 Å². The predicted octanol–water partition coefficient (Wildman–Crippen LogP) is 4.39. The van der Waals surface area contributed by atoms with Gasteiger partial charge in [0.15, 0.2) is 5.78 Å². The van der Waals surface area contributed by atoms with Gasteiger partial charge in [0.05, 0.1) is 26.4 Å². The van der Waals surface area contributed by atoms with Crippen molar-refractivity contribution in [2.45, 2.75) is 13.3 Å². The third-order valence-electron chi connectivity index (χ3n) is 3.45. The van der Waals surface area contributed by atoms with Crippen molar-refractivity contribution in [3.63, 3.8) is 0 Å². The van der Waals surface area contributed by atoms with Crippen LogP contribution in [0.15, 0.2) is 48.5 Å². The van der Waals surface area contributed by atoms with E-state index in [1.165, 1.54) is 13.2 Å². The van der Waals surface area contributed by atoms with E-state index in [2.05, 4.69) is 6.92 Å². The van der Waals surface area contributed by atoms with E-state index in [0.29, 0.717) is 23.7 Å². The molecule has 0 atom stereocenters.